The lowest BCUT2D eigenvalue weighted by atomic mass is 10.1. The Bertz CT molecular complexity index is 1790. The van der Waals surface area contributed by atoms with Crippen LogP contribution in [0.15, 0.2) is 53.5 Å². The standard InChI is InChI=1S/C33H31N5O3/c1-40-29-17-26-27(36-21-24-11-8-15-37(24)33(26)39)18-30(29)41-16-5-3-2-4-14-38-28-13-7-10-22-9-6-12-25(31(22)28)32(38)23(19-34)20-35/h6-7,9-10,12-13,17-18,21,24H,2-5,8,11,14-16H2,1H3/t24-/m0/s1. The van der Waals surface area contributed by atoms with Gasteiger partial charge in [-0.1, -0.05) is 43.2 Å². The van der Waals surface area contributed by atoms with Crippen molar-refractivity contribution in [3.8, 4) is 23.6 Å². The Balaban J connectivity index is 1.10. The van der Waals surface area contributed by atoms with Gasteiger partial charge in [-0.05, 0) is 43.2 Å². The number of aliphatic imine (C=N–C) groups is 1. The normalized spacial score (nSPS) is 15.8. The molecular weight excluding hydrogens is 514 g/mol. The molecule has 206 valence electrons. The number of amides is 1. The minimum Gasteiger partial charge on any atom is -0.493 e. The maximum absolute atomic E-state index is 13.1. The lowest BCUT2D eigenvalue weighted by molar-refractivity contribution is 0.0774. The number of ether oxygens (including phenoxy) is 2. The second kappa shape index (κ2) is 11.3. The van der Waals surface area contributed by atoms with Crippen LogP contribution in [-0.2, 0) is 6.54 Å². The number of nitrogens with zero attached hydrogens (tertiary/aromatic N) is 5. The van der Waals surface area contributed by atoms with Crippen molar-refractivity contribution in [3.05, 3.63) is 59.4 Å². The SMILES string of the molecule is COc1cc2c(cc1OCCCCCCn1c(=C(C#N)C#N)c3cccc4cccc1c43)N=C[C@@H]1CCCN1C2=O. The van der Waals surface area contributed by atoms with E-state index in [1.807, 2.05) is 35.4 Å². The van der Waals surface area contributed by atoms with Crippen LogP contribution in [-0.4, -0.2) is 47.9 Å². The molecule has 41 heavy (non-hydrogen) atoms. The molecule has 0 N–H and O–H groups in total. The molecule has 0 bridgehead atoms. The van der Waals surface area contributed by atoms with Gasteiger partial charge >= 0.3 is 0 Å². The molecule has 4 aromatic rings. The number of hydrogen-bond acceptors (Lipinski definition) is 6. The summed E-state index contributed by atoms with van der Waals surface area (Å²) in [4.78, 5) is 19.6. The molecule has 1 atom stereocenters. The number of carbonyl (C=O) groups excluding carboxylic acids is 1. The molecule has 3 heterocycles. The molecule has 0 saturated carbocycles. The molecule has 1 saturated heterocycles. The fourth-order valence-electron chi connectivity index (χ4n) is 6.17. The molecule has 0 aliphatic carbocycles. The van der Waals surface area contributed by atoms with Crippen molar-refractivity contribution in [2.75, 3.05) is 20.3 Å². The van der Waals surface area contributed by atoms with Crippen molar-refractivity contribution >= 4 is 45.1 Å². The molecule has 1 fully saturated rings. The second-order valence-corrected chi connectivity index (χ2v) is 10.5. The second-order valence-electron chi connectivity index (χ2n) is 10.5. The van der Waals surface area contributed by atoms with E-state index in [-0.39, 0.29) is 17.5 Å². The molecule has 3 aromatic carbocycles. The van der Waals surface area contributed by atoms with Crippen LogP contribution in [0.25, 0.3) is 27.2 Å². The third-order valence-electron chi connectivity index (χ3n) is 8.15. The average molecular weight is 546 g/mol. The highest BCUT2D eigenvalue weighted by molar-refractivity contribution is 6.11. The maximum atomic E-state index is 13.1. The lowest BCUT2D eigenvalue weighted by Gasteiger charge is -2.20. The Labute approximate surface area is 238 Å². The van der Waals surface area contributed by atoms with Gasteiger partial charge in [0.15, 0.2) is 17.1 Å². The summed E-state index contributed by atoms with van der Waals surface area (Å²) in [5.74, 6) is 1.13. The van der Waals surface area contributed by atoms with Crippen molar-refractivity contribution in [2.24, 2.45) is 4.99 Å². The number of benzene rings is 3. The average Bonchev–Trinajstić information content (AvgIpc) is 3.57. The van der Waals surface area contributed by atoms with Gasteiger partial charge in [-0.3, -0.25) is 9.79 Å². The topological polar surface area (TPSA) is 104 Å². The molecule has 8 heteroatoms. The van der Waals surface area contributed by atoms with E-state index in [1.54, 1.807) is 13.2 Å². The zero-order valence-electron chi connectivity index (χ0n) is 23.1. The summed E-state index contributed by atoms with van der Waals surface area (Å²) in [6.45, 7) is 2.00. The van der Waals surface area contributed by atoms with Gasteiger partial charge in [0.25, 0.3) is 5.91 Å². The van der Waals surface area contributed by atoms with Gasteiger partial charge in [0, 0.05) is 41.7 Å². The number of nitriles is 2. The molecule has 2 aliphatic heterocycles. The van der Waals surface area contributed by atoms with Gasteiger partial charge in [-0.2, -0.15) is 10.5 Å². The minimum absolute atomic E-state index is 0.00292. The summed E-state index contributed by atoms with van der Waals surface area (Å²) in [5.41, 5.74) is 2.37. The highest BCUT2D eigenvalue weighted by Crippen LogP contribution is 2.38. The Kier molecular flexibility index (Phi) is 7.31. The van der Waals surface area contributed by atoms with E-state index < -0.39 is 0 Å². The van der Waals surface area contributed by atoms with E-state index in [2.05, 4.69) is 39.9 Å². The first-order chi connectivity index (χ1) is 20.1. The summed E-state index contributed by atoms with van der Waals surface area (Å²) in [7, 11) is 1.58. The van der Waals surface area contributed by atoms with E-state index in [0.29, 0.717) is 34.7 Å². The molecule has 0 spiro atoms. The largest absolute Gasteiger partial charge is 0.493 e. The highest BCUT2D eigenvalue weighted by Gasteiger charge is 2.32. The van der Waals surface area contributed by atoms with Gasteiger partial charge < -0.3 is 18.9 Å². The molecular formula is C33H31N5O3. The summed E-state index contributed by atoms with van der Waals surface area (Å²) >= 11 is 0. The monoisotopic (exact) mass is 545 g/mol. The summed E-state index contributed by atoms with van der Waals surface area (Å²) in [6.07, 6.45) is 7.53. The van der Waals surface area contributed by atoms with Gasteiger partial charge in [-0.15, -0.1) is 0 Å². The summed E-state index contributed by atoms with van der Waals surface area (Å²) in [6, 6.07) is 20.0. The van der Waals surface area contributed by atoms with Crippen LogP contribution in [0.2, 0.25) is 0 Å². The zero-order chi connectivity index (χ0) is 28.3. The van der Waals surface area contributed by atoms with Crippen LogP contribution >= 0.6 is 0 Å². The van der Waals surface area contributed by atoms with Crippen LogP contribution in [0, 0.1) is 22.7 Å². The Morgan fingerprint density at radius 1 is 1.05 bits per heavy atom. The van der Waals surface area contributed by atoms with E-state index in [4.69, 9.17) is 9.47 Å². The fourth-order valence-corrected chi connectivity index (χ4v) is 6.17. The quantitative estimate of drug-likeness (QED) is 0.252. The van der Waals surface area contributed by atoms with Crippen molar-refractivity contribution in [2.45, 2.75) is 51.1 Å². The number of aromatic nitrogens is 1. The summed E-state index contributed by atoms with van der Waals surface area (Å²) in [5, 5.41) is 23.2. The van der Waals surface area contributed by atoms with E-state index in [9.17, 15) is 15.3 Å². The molecule has 8 nitrogen and oxygen atoms in total. The molecule has 0 radical (unpaired) electrons. The third-order valence-corrected chi connectivity index (χ3v) is 8.15. The van der Waals surface area contributed by atoms with Crippen molar-refractivity contribution < 1.29 is 14.3 Å². The molecule has 1 amide bonds. The van der Waals surface area contributed by atoms with E-state index in [1.165, 1.54) is 0 Å². The molecule has 0 unspecified atom stereocenters. The maximum Gasteiger partial charge on any atom is 0.256 e. The number of fused-ring (bicyclic) bond motifs is 2. The van der Waals surface area contributed by atoms with Crippen molar-refractivity contribution in [3.63, 3.8) is 0 Å². The first kappa shape index (κ1) is 26.4. The number of aryl methyl sites for hydroxylation is 1. The Hall–Kier alpha value is -4.82. The minimum atomic E-state index is -0.00292. The molecule has 6 rings (SSSR count). The number of rotatable bonds is 9. The number of carbonyl (C=O) groups is 1. The highest BCUT2D eigenvalue weighted by atomic mass is 16.5. The first-order valence-electron chi connectivity index (χ1n) is 14.2. The lowest BCUT2D eigenvalue weighted by Crippen LogP contribution is -2.35. The van der Waals surface area contributed by atoms with Gasteiger partial charge in [-0.25, -0.2) is 0 Å². The third kappa shape index (κ3) is 4.76. The smallest absolute Gasteiger partial charge is 0.256 e. The molecule has 1 aromatic heterocycles. The zero-order valence-corrected chi connectivity index (χ0v) is 23.1. The van der Waals surface area contributed by atoms with Gasteiger partial charge in [0.2, 0.25) is 0 Å². The van der Waals surface area contributed by atoms with Gasteiger partial charge in [0.05, 0.1) is 36.4 Å². The van der Waals surface area contributed by atoms with E-state index in [0.717, 1.165) is 73.3 Å². The van der Waals surface area contributed by atoms with Crippen molar-refractivity contribution in [1.29, 1.82) is 10.5 Å². The number of hydrogen-bond donors (Lipinski definition) is 0. The number of unbranched alkanes of at least 4 members (excludes halogenated alkanes) is 3. The predicted molar refractivity (Wildman–Crippen MR) is 158 cm³/mol. The van der Waals surface area contributed by atoms with Crippen molar-refractivity contribution in [1.82, 2.24) is 9.47 Å². The Morgan fingerprint density at radius 2 is 1.85 bits per heavy atom. The van der Waals surface area contributed by atoms with Crippen LogP contribution in [0.5, 0.6) is 11.5 Å². The summed E-state index contributed by atoms with van der Waals surface area (Å²) < 4.78 is 13.8. The number of methoxy groups -OCH3 is 1. The van der Waals surface area contributed by atoms with Crippen LogP contribution in [0.4, 0.5) is 5.69 Å². The molecule has 2 aliphatic rings. The Morgan fingerprint density at radius 3 is 2.66 bits per heavy atom. The predicted octanol–water partition coefficient (Wildman–Crippen LogP) is 5.68. The van der Waals surface area contributed by atoms with Gasteiger partial charge in [0.1, 0.15) is 12.1 Å². The fraction of sp³-hybridized carbons (Fsp3) is 0.333. The van der Waals surface area contributed by atoms with E-state index >= 15 is 0 Å². The van der Waals surface area contributed by atoms with Crippen LogP contribution < -0.4 is 14.8 Å². The van der Waals surface area contributed by atoms with Crippen LogP contribution in [0.3, 0.4) is 0 Å². The van der Waals surface area contributed by atoms with Crippen LogP contribution in [0.1, 0.15) is 48.9 Å². The first-order valence-corrected chi connectivity index (χ1v) is 14.2.